The molecule has 5 aliphatic heterocycles. The molecule has 0 spiro atoms. The summed E-state index contributed by atoms with van der Waals surface area (Å²) in [5, 5.41) is 4.75. The summed E-state index contributed by atoms with van der Waals surface area (Å²) in [6, 6.07) is 16.9. The maximum absolute atomic E-state index is 5.09. The Morgan fingerprint density at radius 1 is 0.650 bits per heavy atom. The average Bonchev–Trinajstić information content (AvgIpc) is 3.55. The smallest absolute Gasteiger partial charge is 0.417 e. The van der Waals surface area contributed by atoms with Gasteiger partial charge in [0.05, 0.1) is 22.1 Å². The van der Waals surface area contributed by atoms with Gasteiger partial charge in [-0.1, -0.05) is 48.4 Å². The Hall–Kier alpha value is -5.05. The molecule has 9 nitrogen and oxygen atoms in total. The van der Waals surface area contributed by atoms with Crippen LogP contribution in [0.5, 0.6) is 0 Å². The molecule has 0 unspecified atom stereocenters. The van der Waals surface area contributed by atoms with Gasteiger partial charge in [0, 0.05) is 11.8 Å². The predicted octanol–water partition coefficient (Wildman–Crippen LogP) is 3.34. The normalized spacial score (nSPS) is 19.1. The molecule has 0 N–H and O–H groups in total. The molecule has 1 fully saturated rings. The zero-order chi connectivity index (χ0) is 26.2. The highest BCUT2D eigenvalue weighted by atomic mass is 15.5. The number of aliphatic imine (C=N–C) groups is 1. The summed E-state index contributed by atoms with van der Waals surface area (Å²) < 4.78 is 11.6. The van der Waals surface area contributed by atoms with E-state index in [9.17, 15) is 0 Å². The van der Waals surface area contributed by atoms with Crippen LogP contribution in [-0.2, 0) is 0 Å². The predicted molar refractivity (Wildman–Crippen MR) is 166 cm³/mol. The summed E-state index contributed by atoms with van der Waals surface area (Å²) in [6.45, 7) is -0.322. The third-order valence-corrected chi connectivity index (χ3v) is 8.25. The van der Waals surface area contributed by atoms with Crippen molar-refractivity contribution in [1.82, 2.24) is 32.9 Å². The van der Waals surface area contributed by atoms with Crippen molar-refractivity contribution in [2.24, 2.45) is 10.1 Å². The summed E-state index contributed by atoms with van der Waals surface area (Å²) in [7, 11) is 0. The van der Waals surface area contributed by atoms with Gasteiger partial charge in [0.15, 0.2) is 0 Å². The van der Waals surface area contributed by atoms with E-state index in [-0.39, 0.29) is 27.9 Å². The van der Waals surface area contributed by atoms with E-state index >= 15 is 0 Å². The first-order valence-electron chi connectivity index (χ1n) is 13.5. The van der Waals surface area contributed by atoms with Crippen LogP contribution < -0.4 is 0 Å². The van der Waals surface area contributed by atoms with Crippen LogP contribution in [-0.4, -0.2) is 73.3 Å². The second-order valence-electron chi connectivity index (χ2n) is 10.3. The molecule has 4 aromatic rings. The number of fused-ring (bicyclic) bond motifs is 13. The van der Waals surface area contributed by atoms with Gasteiger partial charge in [-0.25, -0.2) is 4.98 Å². The summed E-state index contributed by atoms with van der Waals surface area (Å²) in [6.07, 6.45) is 20.7. The van der Waals surface area contributed by atoms with Gasteiger partial charge in [-0.3, -0.25) is 14.0 Å². The molecule has 186 valence electrons. The van der Waals surface area contributed by atoms with E-state index in [4.69, 9.17) is 10.1 Å². The Morgan fingerprint density at radius 2 is 1.38 bits per heavy atom. The molecule has 9 rings (SSSR count). The highest BCUT2D eigenvalue weighted by Crippen LogP contribution is 2.33. The number of allylic oxidation sites excluding steroid dienone is 6. The van der Waals surface area contributed by atoms with Crippen LogP contribution in [0.2, 0.25) is 0 Å². The topological polar surface area (TPSA) is 59.9 Å². The molecule has 13 heteroatoms. The first-order chi connectivity index (χ1) is 19.9. The van der Waals surface area contributed by atoms with Gasteiger partial charge < -0.3 is 19.0 Å². The van der Waals surface area contributed by atoms with E-state index in [0.717, 1.165) is 33.5 Å². The van der Waals surface area contributed by atoms with Gasteiger partial charge in [-0.05, 0) is 67.1 Å². The van der Waals surface area contributed by atoms with Crippen molar-refractivity contribution < 1.29 is 0 Å². The molecule has 0 atom stereocenters. The fourth-order valence-electron chi connectivity index (χ4n) is 6.53. The minimum atomic E-state index is -0.120. The number of hydrogen-bond donors (Lipinski definition) is 0. The Balaban J connectivity index is 1.26. The molecule has 1 saturated heterocycles. The largest absolute Gasteiger partial charge is 0.423 e. The number of aromatic nitrogens is 3. The number of hydrogen-bond acceptors (Lipinski definition) is 7. The summed E-state index contributed by atoms with van der Waals surface area (Å²) in [5.74, 6) is 7.67. The molecule has 0 bridgehead atoms. The second kappa shape index (κ2) is 8.22. The minimum absolute atomic E-state index is 0.0213. The highest BCUT2D eigenvalue weighted by molar-refractivity contribution is 6.98. The number of para-hydroxylation sites is 4. The van der Waals surface area contributed by atoms with Crippen molar-refractivity contribution in [1.29, 1.82) is 0 Å². The van der Waals surface area contributed by atoms with E-state index in [1.807, 2.05) is 12.2 Å². The van der Waals surface area contributed by atoms with Gasteiger partial charge in [0.2, 0.25) is 5.78 Å². The van der Waals surface area contributed by atoms with Gasteiger partial charge in [-0.15, -0.1) is 0 Å². The van der Waals surface area contributed by atoms with Crippen molar-refractivity contribution in [2.45, 2.75) is 0 Å². The van der Waals surface area contributed by atoms with Gasteiger partial charge in [0.25, 0.3) is 0 Å². The van der Waals surface area contributed by atoms with Crippen LogP contribution in [0.1, 0.15) is 0 Å². The van der Waals surface area contributed by atoms with Crippen LogP contribution in [0, 0.1) is 0 Å². The molecule has 40 heavy (non-hydrogen) atoms. The molecule has 5 aliphatic rings. The summed E-state index contributed by atoms with van der Waals surface area (Å²) in [4.78, 5) is 11.6. The molecule has 2 aromatic heterocycles. The summed E-state index contributed by atoms with van der Waals surface area (Å²) >= 11 is 0. The third-order valence-electron chi connectivity index (χ3n) is 8.25. The maximum atomic E-state index is 5.09. The second-order valence-corrected chi connectivity index (χ2v) is 10.3. The first-order valence-corrected chi connectivity index (χ1v) is 13.5. The minimum Gasteiger partial charge on any atom is -0.423 e. The molecule has 0 amide bonds. The molecule has 7 heterocycles. The van der Waals surface area contributed by atoms with Crippen molar-refractivity contribution in [2.75, 3.05) is 0 Å². The van der Waals surface area contributed by atoms with E-state index in [2.05, 4.69) is 142 Å². The lowest BCUT2D eigenvalue weighted by atomic mass is 9.43. The molecule has 0 aliphatic carbocycles. The Labute approximate surface area is 232 Å². The quantitative estimate of drug-likeness (QED) is 0.365. The first kappa shape index (κ1) is 21.8. The number of hydrazone groups is 1. The molecule has 0 saturated carbocycles. The van der Waals surface area contributed by atoms with E-state index in [1.165, 1.54) is 0 Å². The van der Waals surface area contributed by atoms with E-state index in [1.54, 1.807) is 6.34 Å². The van der Waals surface area contributed by atoms with Gasteiger partial charge in [-0.2, -0.15) is 5.10 Å². The lowest BCUT2D eigenvalue weighted by Crippen LogP contribution is -2.74. The van der Waals surface area contributed by atoms with Crippen molar-refractivity contribution in [3.8, 4) is 0 Å². The molecule has 0 radical (unpaired) electrons. The molecular weight excluding hydrogens is 494 g/mol. The van der Waals surface area contributed by atoms with Crippen LogP contribution in [0.4, 0.5) is 0 Å². The lowest BCUT2D eigenvalue weighted by molar-refractivity contribution is 0.571. The monoisotopic (exact) mass is 515 g/mol. The number of nitrogens with zero attached hydrogens (tertiary/aromatic N) is 9. The zero-order valence-electron chi connectivity index (χ0n) is 21.5. The highest BCUT2D eigenvalue weighted by Gasteiger charge is 2.51. The van der Waals surface area contributed by atoms with Crippen molar-refractivity contribution in [3.05, 3.63) is 115 Å². The molecule has 2 aromatic carbocycles. The number of imidazole rings is 2. The molecular formula is C27H21B4N9. The average molecular weight is 515 g/mol. The van der Waals surface area contributed by atoms with Crippen molar-refractivity contribution >= 4 is 73.9 Å². The Bertz CT molecular complexity index is 1920. The number of rotatable bonds is 1. The van der Waals surface area contributed by atoms with Gasteiger partial charge in [0.1, 0.15) is 6.34 Å². The van der Waals surface area contributed by atoms with Crippen LogP contribution in [0.25, 0.3) is 33.5 Å². The Kier molecular flexibility index (Phi) is 4.49. The SMILES string of the molecule is C1=CB2N3C=CC(n4c5ccccc5n5c6ccccc6nc45)=CB3N3C=CC=CB3N3N=CN=CB3N2C=C1. The summed E-state index contributed by atoms with van der Waals surface area (Å²) in [5.41, 5.74) is 5.42. The fourth-order valence-corrected chi connectivity index (χ4v) is 6.53. The van der Waals surface area contributed by atoms with E-state index in [0.29, 0.717) is 0 Å². The lowest BCUT2D eigenvalue weighted by Gasteiger charge is -2.52. The Morgan fingerprint density at radius 3 is 2.25 bits per heavy atom. The van der Waals surface area contributed by atoms with Crippen molar-refractivity contribution in [3.63, 3.8) is 0 Å². The fraction of sp³-hybridized carbons (Fsp3) is 0. The van der Waals surface area contributed by atoms with Crippen LogP contribution in [0.15, 0.2) is 126 Å². The maximum Gasteiger partial charge on any atom is 0.417 e. The standard InChI is InChI=1S/C27H21B4N9/c1-2-10-24-23(9-1)34-27-38(25-11-3-4-12-26(25)39(24)27)22-13-18-37-28-14-5-7-16-35(28)31-20-32-21-33-40(31)29-15-6-8-17-36(29)30(37)19-22/h1-21H. The third kappa shape index (κ3) is 2.94. The van der Waals surface area contributed by atoms with Crippen LogP contribution in [0.3, 0.4) is 0 Å². The number of benzene rings is 2. The van der Waals surface area contributed by atoms with E-state index < -0.39 is 0 Å². The zero-order valence-corrected chi connectivity index (χ0v) is 21.5. The van der Waals surface area contributed by atoms with Crippen LogP contribution >= 0.6 is 0 Å². The van der Waals surface area contributed by atoms with Gasteiger partial charge >= 0.3 is 27.9 Å².